The highest BCUT2D eigenvalue weighted by molar-refractivity contribution is 7.13. The van der Waals surface area contributed by atoms with Gasteiger partial charge in [0.2, 0.25) is 0 Å². The molecule has 0 unspecified atom stereocenters. The van der Waals surface area contributed by atoms with Crippen LogP contribution in [0.1, 0.15) is 33.0 Å². The molecule has 0 amide bonds. The predicted octanol–water partition coefficient (Wildman–Crippen LogP) is 3.74. The molecule has 2 aromatic heterocycles. The van der Waals surface area contributed by atoms with E-state index in [1.54, 1.807) is 17.4 Å². The van der Waals surface area contributed by atoms with Crippen molar-refractivity contribution in [1.29, 1.82) is 0 Å². The van der Waals surface area contributed by atoms with Crippen LogP contribution in [0, 0.1) is 6.92 Å². The number of carbonyl (C=O) groups is 1. The molecule has 5 nitrogen and oxygen atoms in total. The molecular weight excluding hydrogens is 336 g/mol. The van der Waals surface area contributed by atoms with Gasteiger partial charge in [0.05, 0.1) is 12.3 Å². The second-order valence-electron chi connectivity index (χ2n) is 6.01. The number of nitrogens with zero attached hydrogens (tertiary/aromatic N) is 2. The molecule has 1 aliphatic rings. The zero-order valence-electron chi connectivity index (χ0n) is 13.7. The maximum Gasteiger partial charge on any atom is 0.354 e. The maximum absolute atomic E-state index is 11.3. The molecular formula is C19H16N2O3S. The quantitative estimate of drug-likeness (QED) is 0.774. The highest BCUT2D eigenvalue weighted by Gasteiger charge is 2.21. The number of rotatable bonds is 4. The molecule has 1 N–H and O–H groups in total. The van der Waals surface area contributed by atoms with Crippen LogP contribution in [-0.4, -0.2) is 27.7 Å². The highest BCUT2D eigenvalue weighted by Crippen LogP contribution is 2.31. The number of hydrogen-bond donors (Lipinski definition) is 1. The van der Waals surface area contributed by atoms with E-state index < -0.39 is 5.97 Å². The zero-order valence-corrected chi connectivity index (χ0v) is 14.5. The molecule has 0 atom stereocenters. The van der Waals surface area contributed by atoms with E-state index in [1.807, 2.05) is 36.6 Å². The van der Waals surface area contributed by atoms with Gasteiger partial charge in [0.15, 0.2) is 0 Å². The van der Waals surface area contributed by atoms with Crippen molar-refractivity contribution in [3.05, 3.63) is 63.9 Å². The van der Waals surface area contributed by atoms with Gasteiger partial charge in [-0.15, -0.1) is 11.3 Å². The molecule has 0 saturated carbocycles. The Hall–Kier alpha value is -2.73. The van der Waals surface area contributed by atoms with E-state index in [9.17, 15) is 9.90 Å². The first-order valence-electron chi connectivity index (χ1n) is 8.00. The number of aromatic carboxylic acids is 1. The standard InChI is InChI=1S/C19H16N2O3S/c1-11-10-25-18(20-11)13-4-2-12(3-5-13)8-14-9-16(19(22)23)21-15-6-7-24-17(14)15/h2-5,9-10H,6-8H2,1H3,(H,22,23). The number of ether oxygens (including phenoxy) is 1. The van der Waals surface area contributed by atoms with Gasteiger partial charge in [-0.3, -0.25) is 0 Å². The Labute approximate surface area is 149 Å². The van der Waals surface area contributed by atoms with E-state index in [4.69, 9.17) is 4.74 Å². The van der Waals surface area contributed by atoms with Crippen LogP contribution in [-0.2, 0) is 12.8 Å². The first kappa shape index (κ1) is 15.8. The molecule has 3 heterocycles. The Bertz CT molecular complexity index is 948. The number of hydrogen-bond acceptors (Lipinski definition) is 5. The Morgan fingerprint density at radius 2 is 2.08 bits per heavy atom. The van der Waals surface area contributed by atoms with Gasteiger partial charge in [-0.1, -0.05) is 24.3 Å². The summed E-state index contributed by atoms with van der Waals surface area (Å²) >= 11 is 1.63. The predicted molar refractivity (Wildman–Crippen MR) is 95.5 cm³/mol. The van der Waals surface area contributed by atoms with Crippen molar-refractivity contribution in [1.82, 2.24) is 9.97 Å². The Morgan fingerprint density at radius 3 is 2.76 bits per heavy atom. The number of pyridine rings is 1. The Morgan fingerprint density at radius 1 is 1.28 bits per heavy atom. The minimum Gasteiger partial charge on any atom is -0.491 e. The molecule has 0 aliphatic carbocycles. The lowest BCUT2D eigenvalue weighted by molar-refractivity contribution is 0.0690. The monoisotopic (exact) mass is 352 g/mol. The molecule has 0 saturated heterocycles. The Balaban J connectivity index is 1.63. The fourth-order valence-corrected chi connectivity index (χ4v) is 3.76. The van der Waals surface area contributed by atoms with Crippen molar-refractivity contribution in [3.63, 3.8) is 0 Å². The van der Waals surface area contributed by atoms with Crippen LogP contribution in [0.3, 0.4) is 0 Å². The smallest absolute Gasteiger partial charge is 0.354 e. The van der Waals surface area contributed by atoms with E-state index in [-0.39, 0.29) is 5.69 Å². The van der Waals surface area contributed by atoms with Gasteiger partial charge in [-0.2, -0.15) is 0 Å². The Kier molecular flexibility index (Phi) is 3.97. The van der Waals surface area contributed by atoms with Crippen molar-refractivity contribution in [2.45, 2.75) is 19.8 Å². The van der Waals surface area contributed by atoms with Crippen molar-refractivity contribution in [2.75, 3.05) is 6.61 Å². The number of aryl methyl sites for hydroxylation is 1. The largest absolute Gasteiger partial charge is 0.491 e. The molecule has 0 bridgehead atoms. The number of thiazole rings is 1. The normalized spacial score (nSPS) is 12.7. The zero-order chi connectivity index (χ0) is 17.4. The van der Waals surface area contributed by atoms with Crippen LogP contribution in [0.2, 0.25) is 0 Å². The third-order valence-electron chi connectivity index (χ3n) is 4.14. The average molecular weight is 352 g/mol. The van der Waals surface area contributed by atoms with Gasteiger partial charge in [-0.05, 0) is 18.6 Å². The summed E-state index contributed by atoms with van der Waals surface area (Å²) in [5.41, 5.74) is 4.90. The fourth-order valence-electron chi connectivity index (χ4n) is 2.95. The van der Waals surface area contributed by atoms with Gasteiger partial charge in [-0.25, -0.2) is 14.8 Å². The summed E-state index contributed by atoms with van der Waals surface area (Å²) in [5, 5.41) is 12.3. The molecule has 126 valence electrons. The lowest BCUT2D eigenvalue weighted by Crippen LogP contribution is -2.04. The van der Waals surface area contributed by atoms with Gasteiger partial charge in [0, 0.05) is 35.0 Å². The van der Waals surface area contributed by atoms with E-state index in [0.717, 1.165) is 38.8 Å². The van der Waals surface area contributed by atoms with Crippen LogP contribution < -0.4 is 4.74 Å². The van der Waals surface area contributed by atoms with E-state index in [2.05, 4.69) is 9.97 Å². The van der Waals surface area contributed by atoms with E-state index in [0.29, 0.717) is 19.4 Å². The van der Waals surface area contributed by atoms with E-state index in [1.165, 1.54) is 0 Å². The minimum absolute atomic E-state index is 0.0779. The second kappa shape index (κ2) is 6.29. The van der Waals surface area contributed by atoms with Gasteiger partial charge >= 0.3 is 5.97 Å². The number of carboxylic acid groups (broad SMARTS) is 1. The van der Waals surface area contributed by atoms with Crippen LogP contribution >= 0.6 is 11.3 Å². The maximum atomic E-state index is 11.3. The third kappa shape index (κ3) is 3.13. The molecule has 6 heteroatoms. The number of fused-ring (bicyclic) bond motifs is 1. The van der Waals surface area contributed by atoms with Crippen molar-refractivity contribution in [2.24, 2.45) is 0 Å². The van der Waals surface area contributed by atoms with Gasteiger partial charge < -0.3 is 9.84 Å². The average Bonchev–Trinajstić information content (AvgIpc) is 3.24. The number of aromatic nitrogens is 2. The van der Waals surface area contributed by atoms with Crippen molar-refractivity contribution >= 4 is 17.3 Å². The molecule has 4 rings (SSSR count). The summed E-state index contributed by atoms with van der Waals surface area (Å²) < 4.78 is 5.67. The van der Waals surface area contributed by atoms with Crippen LogP contribution in [0.4, 0.5) is 0 Å². The van der Waals surface area contributed by atoms with Crippen molar-refractivity contribution in [3.8, 4) is 16.3 Å². The van der Waals surface area contributed by atoms with Crippen LogP contribution in [0.25, 0.3) is 10.6 Å². The summed E-state index contributed by atoms with van der Waals surface area (Å²) in [7, 11) is 0. The molecule has 0 fully saturated rings. The second-order valence-corrected chi connectivity index (χ2v) is 6.87. The summed E-state index contributed by atoms with van der Waals surface area (Å²) in [6.07, 6.45) is 1.27. The molecule has 3 aromatic rings. The van der Waals surface area contributed by atoms with Crippen LogP contribution in [0.15, 0.2) is 35.7 Å². The topological polar surface area (TPSA) is 72.3 Å². The molecule has 1 aliphatic heterocycles. The minimum atomic E-state index is -1.01. The summed E-state index contributed by atoms with van der Waals surface area (Å²) in [6, 6.07) is 9.81. The first-order valence-corrected chi connectivity index (χ1v) is 8.88. The fraction of sp³-hybridized carbons (Fsp3) is 0.211. The summed E-state index contributed by atoms with van der Waals surface area (Å²) in [6.45, 7) is 2.54. The first-order chi connectivity index (χ1) is 12.1. The molecule has 1 aromatic carbocycles. The summed E-state index contributed by atoms with van der Waals surface area (Å²) in [5.74, 6) is -0.268. The van der Waals surface area contributed by atoms with Gasteiger partial charge in [0.1, 0.15) is 16.5 Å². The lowest BCUT2D eigenvalue weighted by atomic mass is 10.0. The van der Waals surface area contributed by atoms with E-state index >= 15 is 0 Å². The molecule has 25 heavy (non-hydrogen) atoms. The summed E-state index contributed by atoms with van der Waals surface area (Å²) in [4.78, 5) is 20.0. The SMILES string of the molecule is Cc1csc(-c2ccc(Cc3cc(C(=O)O)nc4c3OCC4)cc2)n1. The molecule has 0 radical (unpaired) electrons. The third-order valence-corrected chi connectivity index (χ3v) is 5.15. The highest BCUT2D eigenvalue weighted by atomic mass is 32.1. The number of carboxylic acids is 1. The van der Waals surface area contributed by atoms with Crippen LogP contribution in [0.5, 0.6) is 5.75 Å². The lowest BCUT2D eigenvalue weighted by Gasteiger charge is -2.09. The van der Waals surface area contributed by atoms with Crippen molar-refractivity contribution < 1.29 is 14.6 Å². The number of benzene rings is 1. The van der Waals surface area contributed by atoms with Gasteiger partial charge in [0.25, 0.3) is 0 Å². The molecule has 0 spiro atoms.